The minimum atomic E-state index is 0.398. The monoisotopic (exact) mass is 261 g/mol. The zero-order valence-corrected chi connectivity index (χ0v) is 11.0. The Morgan fingerprint density at radius 3 is 2.58 bits per heavy atom. The largest absolute Gasteiger partial charge is 0.467 e. The van der Waals surface area contributed by atoms with E-state index in [9.17, 15) is 4.79 Å². The maximum atomic E-state index is 9.77. The number of carbonyl (C=O) groups is 1. The van der Waals surface area contributed by atoms with Crippen molar-refractivity contribution in [2.24, 2.45) is 5.73 Å². The Hall–Kier alpha value is -2.14. The highest BCUT2D eigenvalue weighted by Crippen LogP contribution is 2.00. The van der Waals surface area contributed by atoms with Crippen molar-refractivity contribution in [2.75, 3.05) is 6.61 Å². The lowest BCUT2D eigenvalue weighted by atomic mass is 10.2. The third-order valence-electron chi connectivity index (χ3n) is 2.54. The van der Waals surface area contributed by atoms with Crippen molar-refractivity contribution < 1.29 is 9.53 Å². The van der Waals surface area contributed by atoms with E-state index in [2.05, 4.69) is 14.7 Å². The number of hydrogen-bond donors (Lipinski definition) is 2. The summed E-state index contributed by atoms with van der Waals surface area (Å²) >= 11 is 0. The number of aromatic amines is 1. The second kappa shape index (κ2) is 8.88. The first-order chi connectivity index (χ1) is 9.27. The molecule has 0 saturated carbocycles. The Labute approximate surface area is 112 Å². The molecule has 19 heavy (non-hydrogen) atoms. The van der Waals surface area contributed by atoms with Crippen LogP contribution in [-0.2, 0) is 22.5 Å². The molecule has 0 aliphatic rings. The topological polar surface area (TPSA) is 81.0 Å². The van der Waals surface area contributed by atoms with Gasteiger partial charge in [-0.3, -0.25) is 4.79 Å². The van der Waals surface area contributed by atoms with Crippen LogP contribution in [0.4, 0.5) is 0 Å². The standard InChI is InChI=1S/C7H10N2O2.C7H9N/c1-6-7(9-4-8-6)2-3-11-5-10;8-6-7-4-2-1-3-5-7/h4-5H,2-3H2,1H3,(H,8,9);1-5H,6,8H2. The fourth-order valence-electron chi connectivity index (χ4n) is 1.46. The first-order valence-electron chi connectivity index (χ1n) is 6.06. The summed E-state index contributed by atoms with van der Waals surface area (Å²) in [4.78, 5) is 16.7. The van der Waals surface area contributed by atoms with Crippen molar-refractivity contribution >= 4 is 6.47 Å². The summed E-state index contributed by atoms with van der Waals surface area (Å²) < 4.78 is 4.53. The van der Waals surface area contributed by atoms with Crippen LogP contribution in [0.5, 0.6) is 0 Å². The first kappa shape index (κ1) is 14.9. The van der Waals surface area contributed by atoms with E-state index in [4.69, 9.17) is 5.73 Å². The van der Waals surface area contributed by atoms with Gasteiger partial charge in [0, 0.05) is 18.7 Å². The van der Waals surface area contributed by atoms with E-state index in [-0.39, 0.29) is 0 Å². The molecule has 1 aromatic carbocycles. The van der Waals surface area contributed by atoms with Crippen molar-refractivity contribution in [1.82, 2.24) is 9.97 Å². The second-order valence-electron chi connectivity index (χ2n) is 3.88. The third-order valence-corrected chi connectivity index (χ3v) is 2.54. The predicted octanol–water partition coefficient (Wildman–Crippen LogP) is 1.58. The fourth-order valence-corrected chi connectivity index (χ4v) is 1.46. The molecule has 5 heteroatoms. The quantitative estimate of drug-likeness (QED) is 0.632. The summed E-state index contributed by atoms with van der Waals surface area (Å²) in [5.41, 5.74) is 8.52. The van der Waals surface area contributed by atoms with Gasteiger partial charge in [0.2, 0.25) is 0 Å². The van der Waals surface area contributed by atoms with Crippen molar-refractivity contribution in [2.45, 2.75) is 19.9 Å². The molecule has 1 aromatic heterocycles. The van der Waals surface area contributed by atoms with E-state index in [1.807, 2.05) is 37.3 Å². The van der Waals surface area contributed by atoms with Gasteiger partial charge in [-0.15, -0.1) is 0 Å². The van der Waals surface area contributed by atoms with E-state index >= 15 is 0 Å². The van der Waals surface area contributed by atoms with Gasteiger partial charge in [-0.1, -0.05) is 30.3 Å². The molecule has 0 saturated heterocycles. The van der Waals surface area contributed by atoms with Gasteiger partial charge in [0.1, 0.15) is 0 Å². The Morgan fingerprint density at radius 2 is 2.11 bits per heavy atom. The van der Waals surface area contributed by atoms with Crippen LogP contribution in [0.2, 0.25) is 0 Å². The molecule has 0 fully saturated rings. The Bertz CT molecular complexity index is 469. The maximum absolute atomic E-state index is 9.77. The van der Waals surface area contributed by atoms with Crippen molar-refractivity contribution in [3.05, 3.63) is 53.6 Å². The number of rotatable bonds is 5. The summed E-state index contributed by atoms with van der Waals surface area (Å²) in [5.74, 6) is 0. The molecule has 1 heterocycles. The van der Waals surface area contributed by atoms with Crippen LogP contribution in [0.15, 0.2) is 36.7 Å². The van der Waals surface area contributed by atoms with Crippen LogP contribution < -0.4 is 5.73 Å². The average Bonchev–Trinajstić information content (AvgIpc) is 2.86. The number of nitrogens with zero attached hydrogens (tertiary/aromatic N) is 1. The zero-order chi connectivity index (χ0) is 13.9. The molecule has 2 rings (SSSR count). The Balaban J connectivity index is 0.000000200. The molecule has 0 aliphatic heterocycles. The smallest absolute Gasteiger partial charge is 0.293 e. The van der Waals surface area contributed by atoms with Crippen LogP contribution in [-0.4, -0.2) is 23.0 Å². The first-order valence-corrected chi connectivity index (χ1v) is 6.06. The number of imidazole rings is 1. The SMILES string of the molecule is Cc1[nH]cnc1CCOC=O.NCc1ccccc1. The van der Waals surface area contributed by atoms with Gasteiger partial charge < -0.3 is 15.5 Å². The maximum Gasteiger partial charge on any atom is 0.293 e. The van der Waals surface area contributed by atoms with Gasteiger partial charge in [0.15, 0.2) is 0 Å². The third kappa shape index (κ3) is 5.83. The van der Waals surface area contributed by atoms with Crippen molar-refractivity contribution in [3.8, 4) is 0 Å². The Kier molecular flexibility index (Phi) is 6.97. The summed E-state index contributed by atoms with van der Waals surface area (Å²) in [6.45, 7) is 3.42. The number of hydrogen-bond acceptors (Lipinski definition) is 4. The average molecular weight is 261 g/mol. The van der Waals surface area contributed by atoms with Crippen LogP contribution >= 0.6 is 0 Å². The van der Waals surface area contributed by atoms with E-state index in [1.165, 1.54) is 5.56 Å². The molecular weight excluding hydrogens is 242 g/mol. The molecule has 2 aromatic rings. The number of H-pyrrole nitrogens is 1. The van der Waals surface area contributed by atoms with Crippen LogP contribution in [0, 0.1) is 6.92 Å². The predicted molar refractivity (Wildman–Crippen MR) is 73.4 cm³/mol. The van der Waals surface area contributed by atoms with Crippen molar-refractivity contribution in [3.63, 3.8) is 0 Å². The molecule has 0 spiro atoms. The van der Waals surface area contributed by atoms with Gasteiger partial charge in [-0.2, -0.15) is 0 Å². The summed E-state index contributed by atoms with van der Waals surface area (Å²) in [6.07, 6.45) is 2.31. The number of aryl methyl sites for hydroxylation is 1. The van der Waals surface area contributed by atoms with Crippen molar-refractivity contribution in [1.29, 1.82) is 0 Å². The molecule has 0 bridgehead atoms. The number of benzene rings is 1. The fraction of sp³-hybridized carbons (Fsp3) is 0.286. The van der Waals surface area contributed by atoms with E-state index in [1.54, 1.807) is 6.33 Å². The van der Waals surface area contributed by atoms with Gasteiger partial charge in [-0.05, 0) is 12.5 Å². The number of nitrogens with one attached hydrogen (secondary N) is 1. The number of aromatic nitrogens is 2. The number of carbonyl (C=O) groups excluding carboxylic acids is 1. The lowest BCUT2D eigenvalue weighted by Gasteiger charge is -1.95. The molecule has 0 atom stereocenters. The molecule has 102 valence electrons. The van der Waals surface area contributed by atoms with Gasteiger partial charge in [0.05, 0.1) is 18.6 Å². The lowest BCUT2D eigenvalue weighted by molar-refractivity contribution is -0.128. The lowest BCUT2D eigenvalue weighted by Crippen LogP contribution is -1.98. The number of nitrogens with two attached hydrogens (primary N) is 1. The van der Waals surface area contributed by atoms with E-state index in [0.717, 1.165) is 11.4 Å². The summed E-state index contributed by atoms with van der Waals surface area (Å²) in [7, 11) is 0. The number of ether oxygens (including phenoxy) is 1. The van der Waals surface area contributed by atoms with Crippen LogP contribution in [0.3, 0.4) is 0 Å². The molecule has 0 unspecified atom stereocenters. The van der Waals surface area contributed by atoms with E-state index < -0.39 is 0 Å². The highest BCUT2D eigenvalue weighted by Gasteiger charge is 1.99. The highest BCUT2D eigenvalue weighted by molar-refractivity contribution is 5.36. The van der Waals surface area contributed by atoms with E-state index in [0.29, 0.717) is 26.0 Å². The summed E-state index contributed by atoms with van der Waals surface area (Å²) in [6, 6.07) is 9.99. The normalized spacial score (nSPS) is 9.37. The highest BCUT2D eigenvalue weighted by atomic mass is 16.5. The minimum absolute atomic E-state index is 0.398. The summed E-state index contributed by atoms with van der Waals surface area (Å²) in [5, 5.41) is 0. The molecular formula is C14H19N3O2. The molecule has 3 N–H and O–H groups in total. The zero-order valence-electron chi connectivity index (χ0n) is 11.0. The van der Waals surface area contributed by atoms with Crippen LogP contribution in [0.25, 0.3) is 0 Å². The minimum Gasteiger partial charge on any atom is -0.467 e. The Morgan fingerprint density at radius 1 is 1.37 bits per heavy atom. The van der Waals surface area contributed by atoms with Gasteiger partial charge in [-0.25, -0.2) is 4.98 Å². The molecule has 5 nitrogen and oxygen atoms in total. The molecule has 0 radical (unpaired) electrons. The van der Waals surface area contributed by atoms with Gasteiger partial charge in [0.25, 0.3) is 6.47 Å². The van der Waals surface area contributed by atoms with Crippen LogP contribution in [0.1, 0.15) is 17.0 Å². The van der Waals surface area contributed by atoms with Gasteiger partial charge >= 0.3 is 0 Å². The molecule has 0 aliphatic carbocycles. The second-order valence-corrected chi connectivity index (χ2v) is 3.88. The molecule has 0 amide bonds.